The average molecular weight is 452 g/mol. The lowest BCUT2D eigenvalue weighted by Gasteiger charge is -2.34. The molecule has 0 radical (unpaired) electrons. The van der Waals surface area contributed by atoms with Crippen LogP contribution < -0.4 is 5.32 Å². The Bertz CT molecular complexity index is 973. The van der Waals surface area contributed by atoms with Crippen molar-refractivity contribution in [2.24, 2.45) is 0 Å². The number of rotatable bonds is 7. The van der Waals surface area contributed by atoms with E-state index in [1.54, 1.807) is 17.0 Å². The second-order valence-corrected chi connectivity index (χ2v) is 8.82. The Balaban J connectivity index is 1.41. The molecule has 0 spiro atoms. The lowest BCUT2D eigenvalue weighted by atomic mass is 10.0. The molecule has 1 saturated heterocycles. The summed E-state index contributed by atoms with van der Waals surface area (Å²) >= 11 is 0. The van der Waals surface area contributed by atoms with E-state index in [2.05, 4.69) is 19.2 Å². The Hall–Kier alpha value is -3.19. The summed E-state index contributed by atoms with van der Waals surface area (Å²) in [5, 5.41) is 3.00. The Morgan fingerprint density at radius 2 is 1.55 bits per heavy atom. The van der Waals surface area contributed by atoms with Gasteiger partial charge in [0.15, 0.2) is 6.61 Å². The minimum Gasteiger partial charge on any atom is -0.452 e. The monoisotopic (exact) mass is 451 g/mol. The highest BCUT2D eigenvalue weighted by molar-refractivity contribution is 5.94. The number of carbonyl (C=O) groups excluding carboxylic acids is 3. The second-order valence-electron chi connectivity index (χ2n) is 8.82. The van der Waals surface area contributed by atoms with E-state index < -0.39 is 5.97 Å². The Morgan fingerprint density at radius 1 is 0.939 bits per heavy atom. The van der Waals surface area contributed by atoms with Crippen molar-refractivity contribution in [3.05, 3.63) is 64.7 Å². The topological polar surface area (TPSA) is 79.0 Å². The summed E-state index contributed by atoms with van der Waals surface area (Å²) < 4.78 is 5.22. The van der Waals surface area contributed by atoms with Gasteiger partial charge in [-0.25, -0.2) is 4.79 Å². The molecule has 2 aromatic carbocycles. The Kier molecular flexibility index (Phi) is 8.22. The predicted molar refractivity (Wildman–Crippen MR) is 128 cm³/mol. The Morgan fingerprint density at radius 3 is 2.12 bits per heavy atom. The molecule has 1 fully saturated rings. The first-order chi connectivity index (χ1) is 15.7. The van der Waals surface area contributed by atoms with E-state index in [9.17, 15) is 14.4 Å². The van der Waals surface area contributed by atoms with Crippen LogP contribution in [0.3, 0.4) is 0 Å². The van der Waals surface area contributed by atoms with Crippen molar-refractivity contribution < 1.29 is 19.1 Å². The molecule has 1 aliphatic rings. The van der Waals surface area contributed by atoms with Gasteiger partial charge in [-0.2, -0.15) is 0 Å². The molecule has 33 heavy (non-hydrogen) atoms. The minimum absolute atomic E-state index is 0.0652. The van der Waals surface area contributed by atoms with Crippen LogP contribution >= 0.6 is 0 Å². The number of aryl methyl sites for hydroxylation is 2. The summed E-state index contributed by atoms with van der Waals surface area (Å²) in [6.07, 6.45) is 0. The molecule has 2 amide bonds. The van der Waals surface area contributed by atoms with Crippen molar-refractivity contribution in [3.8, 4) is 0 Å². The van der Waals surface area contributed by atoms with Crippen LogP contribution in [0.1, 0.15) is 46.8 Å². The van der Waals surface area contributed by atoms with E-state index in [1.807, 2.05) is 49.1 Å². The number of hydrogen-bond acceptors (Lipinski definition) is 5. The number of benzene rings is 2. The first-order valence-corrected chi connectivity index (χ1v) is 11.4. The molecule has 3 rings (SSSR count). The minimum atomic E-state index is -0.500. The molecule has 176 valence electrons. The van der Waals surface area contributed by atoms with E-state index >= 15 is 0 Å². The summed E-state index contributed by atoms with van der Waals surface area (Å²) in [4.78, 5) is 40.9. The normalized spacial score (nSPS) is 14.3. The SMILES string of the molecule is Cc1cccc(C)c1NC(=O)CN1CCN(C(=O)COC(=O)c2ccc(C(C)C)cc2)CC1. The second kappa shape index (κ2) is 11.1. The third-order valence-corrected chi connectivity index (χ3v) is 5.98. The Labute approximate surface area is 195 Å². The third kappa shape index (κ3) is 6.65. The zero-order chi connectivity index (χ0) is 24.0. The zero-order valence-corrected chi connectivity index (χ0v) is 19.9. The van der Waals surface area contributed by atoms with Gasteiger partial charge in [-0.3, -0.25) is 14.5 Å². The van der Waals surface area contributed by atoms with E-state index in [0.717, 1.165) is 22.4 Å². The molecule has 0 unspecified atom stereocenters. The highest BCUT2D eigenvalue weighted by Crippen LogP contribution is 2.19. The third-order valence-electron chi connectivity index (χ3n) is 5.98. The number of esters is 1. The van der Waals surface area contributed by atoms with Crippen LogP contribution in [0.2, 0.25) is 0 Å². The van der Waals surface area contributed by atoms with Crippen molar-refractivity contribution in [2.75, 3.05) is 44.6 Å². The van der Waals surface area contributed by atoms with E-state index in [0.29, 0.717) is 37.7 Å². The van der Waals surface area contributed by atoms with Gasteiger partial charge in [0.05, 0.1) is 12.1 Å². The lowest BCUT2D eigenvalue weighted by molar-refractivity contribution is -0.136. The number of ether oxygens (including phenoxy) is 1. The zero-order valence-electron chi connectivity index (χ0n) is 19.9. The van der Waals surface area contributed by atoms with Crippen LogP contribution in [-0.4, -0.2) is 66.9 Å². The molecule has 7 nitrogen and oxygen atoms in total. The highest BCUT2D eigenvalue weighted by Gasteiger charge is 2.23. The first-order valence-electron chi connectivity index (χ1n) is 11.4. The van der Waals surface area contributed by atoms with Gasteiger partial charge in [0.1, 0.15) is 0 Å². The molecule has 1 heterocycles. The molecule has 2 aromatic rings. The molecule has 0 aromatic heterocycles. The number of nitrogens with zero attached hydrogens (tertiary/aromatic N) is 2. The number of nitrogens with one attached hydrogen (secondary N) is 1. The predicted octanol–water partition coefficient (Wildman–Crippen LogP) is 3.37. The van der Waals surface area contributed by atoms with Gasteiger partial charge in [0.25, 0.3) is 5.91 Å². The van der Waals surface area contributed by atoms with Crippen LogP contribution in [0.5, 0.6) is 0 Å². The van der Waals surface area contributed by atoms with Crippen molar-refractivity contribution in [2.45, 2.75) is 33.6 Å². The van der Waals surface area contributed by atoms with Crippen molar-refractivity contribution in [1.29, 1.82) is 0 Å². The maximum atomic E-state index is 12.5. The van der Waals surface area contributed by atoms with Crippen LogP contribution in [0.25, 0.3) is 0 Å². The van der Waals surface area contributed by atoms with Gasteiger partial charge in [-0.05, 0) is 48.6 Å². The summed E-state index contributed by atoms with van der Waals surface area (Å²) in [5.41, 5.74) is 4.50. The van der Waals surface area contributed by atoms with Crippen molar-refractivity contribution in [1.82, 2.24) is 9.80 Å². The van der Waals surface area contributed by atoms with Gasteiger partial charge >= 0.3 is 5.97 Å². The van der Waals surface area contributed by atoms with Gasteiger partial charge in [0, 0.05) is 31.9 Å². The van der Waals surface area contributed by atoms with Crippen LogP contribution in [0.15, 0.2) is 42.5 Å². The number of hydrogen-bond donors (Lipinski definition) is 1. The smallest absolute Gasteiger partial charge is 0.338 e. The summed E-state index contributed by atoms with van der Waals surface area (Å²) in [6.45, 7) is 10.3. The molecular weight excluding hydrogens is 418 g/mol. The first kappa shape index (κ1) is 24.5. The van der Waals surface area contributed by atoms with E-state index in [-0.39, 0.29) is 25.0 Å². The van der Waals surface area contributed by atoms with Crippen LogP contribution in [0.4, 0.5) is 5.69 Å². The number of amides is 2. The van der Waals surface area contributed by atoms with E-state index in [4.69, 9.17) is 4.74 Å². The highest BCUT2D eigenvalue weighted by atomic mass is 16.5. The fraction of sp³-hybridized carbons (Fsp3) is 0.423. The maximum Gasteiger partial charge on any atom is 0.338 e. The van der Waals surface area contributed by atoms with Gasteiger partial charge < -0.3 is 15.0 Å². The number of anilines is 1. The van der Waals surface area contributed by atoms with Crippen LogP contribution in [-0.2, 0) is 14.3 Å². The lowest BCUT2D eigenvalue weighted by Crippen LogP contribution is -2.51. The van der Waals surface area contributed by atoms with Gasteiger partial charge in [-0.15, -0.1) is 0 Å². The number of para-hydroxylation sites is 1. The molecular formula is C26H33N3O4. The molecule has 1 N–H and O–H groups in total. The standard InChI is InChI=1S/C26H33N3O4/c1-18(2)21-8-10-22(11-9-21)26(32)33-17-24(31)29-14-12-28(13-15-29)16-23(30)27-25-19(3)6-5-7-20(25)4/h5-11,18H,12-17H2,1-4H3,(H,27,30). The molecule has 0 bridgehead atoms. The summed E-state index contributed by atoms with van der Waals surface area (Å²) in [7, 11) is 0. The molecule has 0 saturated carbocycles. The quantitative estimate of drug-likeness (QED) is 0.653. The van der Waals surface area contributed by atoms with Gasteiger partial charge in [0.2, 0.25) is 5.91 Å². The largest absolute Gasteiger partial charge is 0.452 e. The molecule has 7 heteroatoms. The molecule has 0 atom stereocenters. The fourth-order valence-corrected chi connectivity index (χ4v) is 3.86. The van der Waals surface area contributed by atoms with Crippen LogP contribution in [0, 0.1) is 13.8 Å². The van der Waals surface area contributed by atoms with Crippen molar-refractivity contribution in [3.63, 3.8) is 0 Å². The summed E-state index contributed by atoms with van der Waals surface area (Å²) in [5.74, 6) is -0.403. The average Bonchev–Trinajstić information content (AvgIpc) is 2.80. The van der Waals surface area contributed by atoms with Crippen molar-refractivity contribution >= 4 is 23.5 Å². The number of carbonyl (C=O) groups is 3. The van der Waals surface area contributed by atoms with Gasteiger partial charge in [-0.1, -0.05) is 44.2 Å². The number of piperazine rings is 1. The molecule has 1 aliphatic heterocycles. The maximum absolute atomic E-state index is 12.5. The molecule has 0 aliphatic carbocycles. The summed E-state index contributed by atoms with van der Waals surface area (Å²) in [6, 6.07) is 13.2. The fourth-order valence-electron chi connectivity index (χ4n) is 3.86. The van der Waals surface area contributed by atoms with E-state index in [1.165, 1.54) is 0 Å².